The van der Waals surface area contributed by atoms with Crippen molar-refractivity contribution in [3.63, 3.8) is 0 Å². The largest absolute Gasteiger partial charge is 0.422 e. The summed E-state index contributed by atoms with van der Waals surface area (Å²) in [6.07, 6.45) is 3.53. The van der Waals surface area contributed by atoms with Crippen molar-refractivity contribution in [1.82, 2.24) is 0 Å². The van der Waals surface area contributed by atoms with Gasteiger partial charge in [0.05, 0.1) is 5.57 Å². The molecule has 104 valence electrons. The maximum absolute atomic E-state index is 11.9. The highest BCUT2D eigenvalue weighted by atomic mass is 35.5. The molecule has 3 heteroatoms. The van der Waals surface area contributed by atoms with Gasteiger partial charge in [-0.25, -0.2) is 4.79 Å². The maximum atomic E-state index is 11.9. The van der Waals surface area contributed by atoms with Gasteiger partial charge in [-0.2, -0.15) is 0 Å². The molecule has 0 saturated carbocycles. The Kier molecular flexibility index (Phi) is 3.63. The second-order valence-corrected chi connectivity index (χ2v) is 5.36. The Morgan fingerprint density at radius 3 is 2.57 bits per heavy atom. The van der Waals surface area contributed by atoms with Gasteiger partial charge in [0, 0.05) is 10.6 Å². The Balaban J connectivity index is 1.93. The monoisotopic (exact) mass is 296 g/mol. The Labute approximate surface area is 128 Å². The van der Waals surface area contributed by atoms with Crippen LogP contribution in [0, 0.1) is 6.92 Å². The molecular formula is C18H13ClO2. The van der Waals surface area contributed by atoms with Crippen LogP contribution in [-0.4, -0.2) is 5.97 Å². The van der Waals surface area contributed by atoms with Gasteiger partial charge in [0.25, 0.3) is 0 Å². The summed E-state index contributed by atoms with van der Waals surface area (Å²) < 4.78 is 5.32. The number of benzene rings is 2. The van der Waals surface area contributed by atoms with Crippen LogP contribution >= 0.6 is 11.6 Å². The first-order valence-electron chi connectivity index (χ1n) is 6.60. The number of ether oxygens (including phenoxy) is 1. The second kappa shape index (κ2) is 5.58. The van der Waals surface area contributed by atoms with E-state index in [1.54, 1.807) is 24.3 Å². The van der Waals surface area contributed by atoms with Crippen molar-refractivity contribution >= 4 is 29.4 Å². The first-order chi connectivity index (χ1) is 10.1. The molecule has 0 spiro atoms. The van der Waals surface area contributed by atoms with Crippen molar-refractivity contribution in [3.05, 3.63) is 81.9 Å². The lowest BCUT2D eigenvalue weighted by atomic mass is 10.1. The van der Waals surface area contributed by atoms with Crippen molar-refractivity contribution in [2.45, 2.75) is 6.92 Å². The van der Waals surface area contributed by atoms with Gasteiger partial charge < -0.3 is 4.74 Å². The molecule has 2 nitrogen and oxygen atoms in total. The van der Waals surface area contributed by atoms with Crippen molar-refractivity contribution in [1.29, 1.82) is 0 Å². The number of rotatable bonds is 2. The quantitative estimate of drug-likeness (QED) is 0.596. The van der Waals surface area contributed by atoms with Gasteiger partial charge in [-0.1, -0.05) is 53.6 Å². The van der Waals surface area contributed by atoms with E-state index in [4.69, 9.17) is 16.3 Å². The fourth-order valence-electron chi connectivity index (χ4n) is 2.13. The Bertz CT molecular complexity index is 755. The fraction of sp³-hybridized carbons (Fsp3) is 0.0556. The van der Waals surface area contributed by atoms with Gasteiger partial charge in [0.2, 0.25) is 0 Å². The third-order valence-corrected chi connectivity index (χ3v) is 3.47. The van der Waals surface area contributed by atoms with Crippen molar-refractivity contribution < 1.29 is 9.53 Å². The van der Waals surface area contributed by atoms with Crippen LogP contribution in [0.2, 0.25) is 5.02 Å². The van der Waals surface area contributed by atoms with Gasteiger partial charge >= 0.3 is 5.97 Å². The average molecular weight is 297 g/mol. The smallest absolute Gasteiger partial charge is 0.343 e. The highest BCUT2D eigenvalue weighted by Gasteiger charge is 2.21. The molecule has 0 aliphatic carbocycles. The zero-order valence-electron chi connectivity index (χ0n) is 11.5. The number of hydrogen-bond donors (Lipinski definition) is 0. The summed E-state index contributed by atoms with van der Waals surface area (Å²) >= 11 is 5.95. The van der Waals surface area contributed by atoms with E-state index in [1.807, 2.05) is 43.3 Å². The second-order valence-electron chi connectivity index (χ2n) is 4.92. The first kappa shape index (κ1) is 13.7. The molecule has 0 fully saturated rings. The van der Waals surface area contributed by atoms with E-state index in [0.29, 0.717) is 16.4 Å². The number of halogens is 1. The summed E-state index contributed by atoms with van der Waals surface area (Å²) in [6, 6.07) is 15.2. The minimum absolute atomic E-state index is 0.342. The molecule has 21 heavy (non-hydrogen) atoms. The van der Waals surface area contributed by atoms with Gasteiger partial charge in [0.15, 0.2) is 0 Å². The lowest BCUT2D eigenvalue weighted by Crippen LogP contribution is -1.97. The number of esters is 1. The Morgan fingerprint density at radius 1 is 1.10 bits per heavy atom. The molecule has 3 rings (SSSR count). The van der Waals surface area contributed by atoms with Crippen LogP contribution < -0.4 is 0 Å². The summed E-state index contributed by atoms with van der Waals surface area (Å²) in [5.41, 5.74) is 3.45. The predicted molar refractivity (Wildman–Crippen MR) is 84.7 cm³/mol. The van der Waals surface area contributed by atoms with Crippen LogP contribution in [0.15, 0.2) is 60.2 Å². The molecule has 0 radical (unpaired) electrons. The number of hydrogen-bond acceptors (Lipinski definition) is 2. The van der Waals surface area contributed by atoms with Gasteiger partial charge in [-0.3, -0.25) is 0 Å². The molecule has 0 amide bonds. The number of cyclic esters (lactones) is 1. The van der Waals surface area contributed by atoms with Crippen molar-refractivity contribution in [2.24, 2.45) is 0 Å². The van der Waals surface area contributed by atoms with E-state index >= 15 is 0 Å². The van der Waals surface area contributed by atoms with Crippen LogP contribution in [0.4, 0.5) is 0 Å². The highest BCUT2D eigenvalue weighted by molar-refractivity contribution is 6.30. The molecule has 0 saturated heterocycles. The van der Waals surface area contributed by atoms with E-state index < -0.39 is 0 Å². The summed E-state index contributed by atoms with van der Waals surface area (Å²) in [6.45, 7) is 2.02. The molecule has 1 aliphatic heterocycles. The minimum atomic E-state index is -0.342. The Hall–Kier alpha value is -2.32. The summed E-state index contributed by atoms with van der Waals surface area (Å²) in [7, 11) is 0. The zero-order valence-corrected chi connectivity index (χ0v) is 12.2. The van der Waals surface area contributed by atoms with E-state index in [1.165, 1.54) is 5.56 Å². The van der Waals surface area contributed by atoms with Crippen molar-refractivity contribution in [3.8, 4) is 0 Å². The summed E-state index contributed by atoms with van der Waals surface area (Å²) in [5.74, 6) is 0.235. The summed E-state index contributed by atoms with van der Waals surface area (Å²) in [4.78, 5) is 11.9. The molecule has 2 aromatic carbocycles. The standard InChI is InChI=1S/C18H13ClO2/c1-12-5-7-14(8-6-12)17-11-15(18(20)21-17)9-13-3-2-4-16(19)10-13/h2-11H,1H3/b15-9-. The fourth-order valence-corrected chi connectivity index (χ4v) is 2.32. The van der Waals surface area contributed by atoms with Crippen LogP contribution in [0.5, 0.6) is 0 Å². The molecule has 0 atom stereocenters. The van der Waals surface area contributed by atoms with E-state index in [9.17, 15) is 4.79 Å². The minimum Gasteiger partial charge on any atom is -0.422 e. The Morgan fingerprint density at radius 2 is 1.86 bits per heavy atom. The molecule has 0 bridgehead atoms. The van der Waals surface area contributed by atoms with E-state index in [0.717, 1.165) is 11.1 Å². The third-order valence-electron chi connectivity index (χ3n) is 3.23. The third kappa shape index (κ3) is 3.06. The lowest BCUT2D eigenvalue weighted by Gasteiger charge is -2.01. The number of aryl methyl sites for hydroxylation is 1. The molecule has 0 aromatic heterocycles. The van der Waals surface area contributed by atoms with E-state index in [-0.39, 0.29) is 5.97 Å². The number of carbonyl (C=O) groups is 1. The first-order valence-corrected chi connectivity index (χ1v) is 6.98. The van der Waals surface area contributed by atoms with Crippen LogP contribution in [0.1, 0.15) is 16.7 Å². The molecule has 0 unspecified atom stereocenters. The van der Waals surface area contributed by atoms with Gasteiger partial charge in [0.1, 0.15) is 5.76 Å². The molecule has 1 heterocycles. The van der Waals surface area contributed by atoms with E-state index in [2.05, 4.69) is 0 Å². The normalized spacial score (nSPS) is 16.0. The average Bonchev–Trinajstić information content (AvgIpc) is 2.81. The van der Waals surface area contributed by atoms with Crippen molar-refractivity contribution in [2.75, 3.05) is 0 Å². The zero-order chi connectivity index (χ0) is 14.8. The highest BCUT2D eigenvalue weighted by Crippen LogP contribution is 2.27. The lowest BCUT2D eigenvalue weighted by molar-refractivity contribution is -0.130. The van der Waals surface area contributed by atoms with Gasteiger partial charge in [-0.15, -0.1) is 0 Å². The SMILES string of the molecule is Cc1ccc(C2=C/C(=C/c3cccc(Cl)c3)C(=O)O2)cc1. The topological polar surface area (TPSA) is 26.3 Å². The predicted octanol–water partition coefficient (Wildman–Crippen LogP) is 4.63. The number of carbonyl (C=O) groups excluding carboxylic acids is 1. The molecule has 0 N–H and O–H groups in total. The van der Waals surface area contributed by atoms with Crippen LogP contribution in [0.3, 0.4) is 0 Å². The van der Waals surface area contributed by atoms with Crippen LogP contribution in [0.25, 0.3) is 11.8 Å². The molecular weight excluding hydrogens is 284 g/mol. The maximum Gasteiger partial charge on any atom is 0.343 e. The molecule has 1 aliphatic rings. The molecule has 2 aromatic rings. The van der Waals surface area contributed by atoms with Crippen LogP contribution in [-0.2, 0) is 9.53 Å². The van der Waals surface area contributed by atoms with Gasteiger partial charge in [-0.05, 0) is 36.8 Å². The summed E-state index contributed by atoms with van der Waals surface area (Å²) in [5, 5.41) is 0.637.